The molecule has 0 saturated heterocycles. The average molecular weight is 468 g/mol. The van der Waals surface area contributed by atoms with Gasteiger partial charge in [0.1, 0.15) is 10.6 Å². The number of fused-ring (bicyclic) bond motifs is 1. The van der Waals surface area contributed by atoms with Crippen molar-refractivity contribution in [3.8, 4) is 5.75 Å². The van der Waals surface area contributed by atoms with Crippen LogP contribution in [-0.2, 0) is 0 Å². The van der Waals surface area contributed by atoms with E-state index in [-0.39, 0.29) is 5.69 Å². The van der Waals surface area contributed by atoms with Crippen LogP contribution < -0.4 is 15.4 Å². The van der Waals surface area contributed by atoms with Crippen molar-refractivity contribution in [2.45, 2.75) is 0 Å². The molecule has 0 saturated carbocycles. The summed E-state index contributed by atoms with van der Waals surface area (Å²) in [7, 11) is 0. The van der Waals surface area contributed by atoms with Crippen LogP contribution in [-0.4, -0.2) is 16.9 Å². The molecule has 1 aromatic heterocycles. The van der Waals surface area contributed by atoms with Crippen LogP contribution in [0.3, 0.4) is 0 Å². The highest BCUT2D eigenvalue weighted by Gasteiger charge is 2.15. The van der Waals surface area contributed by atoms with Crippen molar-refractivity contribution < 1.29 is 19.2 Å². The number of hydrogen-bond donors (Lipinski definition) is 2. The van der Waals surface area contributed by atoms with Gasteiger partial charge < -0.3 is 15.4 Å². The molecule has 4 aromatic rings. The maximum Gasteiger partial charge on any atom is 0.353 e. The standard InChI is InChI=1S/C22H14ClN3O5S/c23-14-1-3-15(4-2-14)24-22(28)25-16-5-8-18(9-6-16)31-21(27)20-12-13-11-17(26(29)30)7-10-19(13)32-20/h1-12H,(H2,24,25,28). The molecular weight excluding hydrogens is 454 g/mol. The van der Waals surface area contributed by atoms with Crippen molar-refractivity contribution in [1.82, 2.24) is 0 Å². The molecule has 0 unspecified atom stereocenters. The fourth-order valence-corrected chi connectivity index (χ4v) is 3.88. The van der Waals surface area contributed by atoms with E-state index in [9.17, 15) is 19.7 Å². The summed E-state index contributed by atoms with van der Waals surface area (Å²) < 4.78 is 6.12. The molecule has 10 heteroatoms. The smallest absolute Gasteiger partial charge is 0.353 e. The van der Waals surface area contributed by atoms with Gasteiger partial charge in [-0.15, -0.1) is 11.3 Å². The molecule has 0 aliphatic heterocycles. The SMILES string of the molecule is O=C(Nc1ccc(Cl)cc1)Nc1ccc(OC(=O)c2cc3cc([N+](=O)[O-])ccc3s2)cc1. The minimum atomic E-state index is -0.574. The Kier molecular flexibility index (Phi) is 6.02. The van der Waals surface area contributed by atoms with Crippen molar-refractivity contribution in [3.05, 3.63) is 92.8 Å². The van der Waals surface area contributed by atoms with Crippen LogP contribution in [0.1, 0.15) is 9.67 Å². The fourth-order valence-electron chi connectivity index (χ4n) is 2.84. The molecule has 0 aliphatic rings. The minimum absolute atomic E-state index is 0.0431. The third-order valence-electron chi connectivity index (χ3n) is 4.34. The van der Waals surface area contributed by atoms with Crippen molar-refractivity contribution in [1.29, 1.82) is 0 Å². The van der Waals surface area contributed by atoms with Gasteiger partial charge in [0.25, 0.3) is 5.69 Å². The molecule has 0 atom stereocenters. The van der Waals surface area contributed by atoms with Crippen LogP contribution in [0.4, 0.5) is 21.9 Å². The van der Waals surface area contributed by atoms with E-state index in [2.05, 4.69) is 10.6 Å². The van der Waals surface area contributed by atoms with Gasteiger partial charge in [-0.2, -0.15) is 0 Å². The molecule has 0 bridgehead atoms. The van der Waals surface area contributed by atoms with Gasteiger partial charge >= 0.3 is 12.0 Å². The van der Waals surface area contributed by atoms with Gasteiger partial charge in [0.15, 0.2) is 0 Å². The zero-order valence-electron chi connectivity index (χ0n) is 16.2. The van der Waals surface area contributed by atoms with Crippen molar-refractivity contribution >= 4 is 62.1 Å². The number of non-ortho nitro benzene ring substituents is 1. The average Bonchev–Trinajstić information content (AvgIpc) is 3.20. The lowest BCUT2D eigenvalue weighted by atomic mass is 10.2. The molecule has 2 N–H and O–H groups in total. The van der Waals surface area contributed by atoms with E-state index in [0.717, 1.165) is 4.70 Å². The van der Waals surface area contributed by atoms with E-state index in [1.807, 2.05) is 0 Å². The first-order valence-corrected chi connectivity index (χ1v) is 10.4. The number of anilines is 2. The van der Waals surface area contributed by atoms with Gasteiger partial charge in [-0.1, -0.05) is 11.6 Å². The Labute approximate surface area is 190 Å². The summed E-state index contributed by atoms with van der Waals surface area (Å²) in [6, 6.07) is 18.5. The van der Waals surface area contributed by atoms with Gasteiger partial charge in [-0.05, 0) is 60.7 Å². The first kappa shape index (κ1) is 21.3. The number of nitrogens with one attached hydrogen (secondary N) is 2. The minimum Gasteiger partial charge on any atom is -0.422 e. The molecule has 1 heterocycles. The molecule has 2 amide bonds. The number of rotatable bonds is 5. The Hall–Kier alpha value is -3.95. The lowest BCUT2D eigenvalue weighted by molar-refractivity contribution is -0.384. The number of urea groups is 1. The van der Waals surface area contributed by atoms with Gasteiger partial charge in [0, 0.05) is 38.6 Å². The lowest BCUT2D eigenvalue weighted by Gasteiger charge is -2.08. The first-order chi connectivity index (χ1) is 15.4. The molecule has 4 rings (SSSR count). The van der Waals surface area contributed by atoms with Gasteiger partial charge in [0.2, 0.25) is 0 Å². The summed E-state index contributed by atoms with van der Waals surface area (Å²) in [5.74, 6) is -0.280. The van der Waals surface area contributed by atoms with Gasteiger partial charge in [0.05, 0.1) is 4.92 Å². The number of hydrogen-bond acceptors (Lipinski definition) is 6. The Morgan fingerprint density at radius 1 is 0.906 bits per heavy atom. The predicted octanol–water partition coefficient (Wildman–Crippen LogP) is 6.33. The predicted molar refractivity (Wildman–Crippen MR) is 124 cm³/mol. The summed E-state index contributed by atoms with van der Waals surface area (Å²) >= 11 is 7.01. The topological polar surface area (TPSA) is 111 Å². The number of nitrogens with zero attached hydrogens (tertiary/aromatic N) is 1. The van der Waals surface area contributed by atoms with E-state index in [4.69, 9.17) is 16.3 Å². The maximum atomic E-state index is 12.5. The van der Waals surface area contributed by atoms with Crippen LogP contribution in [0.15, 0.2) is 72.8 Å². The summed E-state index contributed by atoms with van der Waals surface area (Å²) in [5, 5.41) is 17.4. The van der Waals surface area contributed by atoms with Crippen molar-refractivity contribution in [2.24, 2.45) is 0 Å². The summed E-state index contributed by atoms with van der Waals surface area (Å²) in [5.41, 5.74) is 1.05. The second-order valence-electron chi connectivity index (χ2n) is 6.59. The number of nitro groups is 1. The van der Waals surface area contributed by atoms with E-state index >= 15 is 0 Å². The first-order valence-electron chi connectivity index (χ1n) is 9.21. The Morgan fingerprint density at radius 2 is 1.53 bits per heavy atom. The second-order valence-corrected chi connectivity index (χ2v) is 8.11. The van der Waals surface area contributed by atoms with Crippen LogP contribution in [0, 0.1) is 10.1 Å². The number of thiophene rings is 1. The quantitative estimate of drug-likeness (QED) is 0.154. The van der Waals surface area contributed by atoms with Crippen LogP contribution in [0.5, 0.6) is 5.75 Å². The number of amides is 2. The highest BCUT2D eigenvalue weighted by Crippen LogP contribution is 2.30. The van der Waals surface area contributed by atoms with Crippen molar-refractivity contribution in [3.63, 3.8) is 0 Å². The number of carbonyl (C=O) groups is 2. The van der Waals surface area contributed by atoms with E-state index in [1.54, 1.807) is 60.7 Å². The largest absolute Gasteiger partial charge is 0.422 e. The fraction of sp³-hybridized carbons (Fsp3) is 0. The lowest BCUT2D eigenvalue weighted by Crippen LogP contribution is -2.19. The number of carbonyl (C=O) groups excluding carboxylic acids is 2. The monoisotopic (exact) mass is 467 g/mol. The van der Waals surface area contributed by atoms with Crippen molar-refractivity contribution in [2.75, 3.05) is 10.6 Å². The zero-order chi connectivity index (χ0) is 22.7. The Morgan fingerprint density at radius 3 is 2.16 bits per heavy atom. The summed E-state index contributed by atoms with van der Waals surface area (Å²) in [6.07, 6.45) is 0. The third-order valence-corrected chi connectivity index (χ3v) is 5.68. The van der Waals surface area contributed by atoms with E-state index in [0.29, 0.717) is 32.4 Å². The Balaban J connectivity index is 1.38. The molecule has 160 valence electrons. The van der Waals surface area contributed by atoms with Gasteiger partial charge in [-0.3, -0.25) is 10.1 Å². The summed E-state index contributed by atoms with van der Waals surface area (Å²) in [6.45, 7) is 0. The maximum absolute atomic E-state index is 12.5. The second kappa shape index (κ2) is 9.04. The van der Waals surface area contributed by atoms with E-state index < -0.39 is 16.9 Å². The normalized spacial score (nSPS) is 10.5. The number of esters is 1. The van der Waals surface area contributed by atoms with Crippen LogP contribution in [0.25, 0.3) is 10.1 Å². The summed E-state index contributed by atoms with van der Waals surface area (Å²) in [4.78, 5) is 35.3. The molecule has 0 aliphatic carbocycles. The number of halogens is 1. The van der Waals surface area contributed by atoms with Gasteiger partial charge in [-0.25, -0.2) is 9.59 Å². The highest BCUT2D eigenvalue weighted by molar-refractivity contribution is 7.20. The molecule has 8 nitrogen and oxygen atoms in total. The third kappa shape index (κ3) is 5.02. The number of nitro benzene ring substituents is 1. The highest BCUT2D eigenvalue weighted by atomic mass is 35.5. The van der Waals surface area contributed by atoms with Crippen LogP contribution in [0.2, 0.25) is 5.02 Å². The molecule has 0 fully saturated rings. The molecule has 0 radical (unpaired) electrons. The number of ether oxygens (including phenoxy) is 1. The van der Waals surface area contributed by atoms with Crippen LogP contribution >= 0.6 is 22.9 Å². The zero-order valence-corrected chi connectivity index (χ0v) is 17.8. The molecular formula is C22H14ClN3O5S. The molecule has 0 spiro atoms. The molecule has 3 aromatic carbocycles. The Bertz CT molecular complexity index is 1320. The number of benzene rings is 3. The van der Waals surface area contributed by atoms with E-state index in [1.165, 1.54) is 23.5 Å². The molecule has 32 heavy (non-hydrogen) atoms.